The predicted molar refractivity (Wildman–Crippen MR) is 126 cm³/mol. The summed E-state index contributed by atoms with van der Waals surface area (Å²) >= 11 is 1.19. The van der Waals surface area contributed by atoms with E-state index in [0.29, 0.717) is 17.1 Å². The first-order valence-electron chi connectivity index (χ1n) is 11.3. The lowest BCUT2D eigenvalue weighted by atomic mass is 9.94. The molecule has 1 aliphatic carbocycles. The highest BCUT2D eigenvalue weighted by atomic mass is 32.2. The minimum atomic E-state index is -0.896. The van der Waals surface area contributed by atoms with Crippen LogP contribution >= 0.6 is 11.8 Å². The molecule has 1 saturated carbocycles. The number of aryl methyl sites for hydroxylation is 1. The molecule has 32 heavy (non-hydrogen) atoms. The van der Waals surface area contributed by atoms with Gasteiger partial charge in [-0.25, -0.2) is 0 Å². The van der Waals surface area contributed by atoms with Crippen molar-refractivity contribution in [2.75, 3.05) is 10.7 Å². The molecule has 1 N–H and O–H groups in total. The van der Waals surface area contributed by atoms with Gasteiger partial charge in [-0.05, 0) is 43.5 Å². The van der Waals surface area contributed by atoms with E-state index in [4.69, 9.17) is 0 Å². The van der Waals surface area contributed by atoms with Crippen molar-refractivity contribution >= 4 is 34.4 Å². The summed E-state index contributed by atoms with van der Waals surface area (Å²) in [5, 5.41) is 3.22. The first-order chi connectivity index (χ1) is 15.5. The summed E-state index contributed by atoms with van der Waals surface area (Å²) in [6.07, 6.45) is 7.13. The van der Waals surface area contributed by atoms with Gasteiger partial charge in [-0.1, -0.05) is 55.3 Å². The molecular weight excluding hydrogens is 422 g/mol. The van der Waals surface area contributed by atoms with E-state index in [9.17, 15) is 14.4 Å². The molecule has 1 aromatic heterocycles. The second kappa shape index (κ2) is 10.3. The summed E-state index contributed by atoms with van der Waals surface area (Å²) in [5.74, 6) is -0.420. The topological polar surface area (TPSA) is 79.4 Å². The Labute approximate surface area is 193 Å². The number of anilines is 1. The molecule has 0 bridgehead atoms. The van der Waals surface area contributed by atoms with Gasteiger partial charge in [-0.2, -0.15) is 0 Å². The summed E-state index contributed by atoms with van der Waals surface area (Å²) in [5.41, 5.74) is 2.09. The number of amides is 2. The number of aromatic nitrogens is 1. The SMILES string of the molecule is Cc1ccccc1N(C(=O)[C@@H]1CSC(=O)C1)[C@@H](C(=O)NC1CCCCC1)c1ccccn1. The standard InChI is InChI=1S/C25H29N3O3S/c1-17-9-5-6-13-21(17)28(25(31)18-15-22(29)32-16-18)23(20-12-7-8-14-26-20)24(30)27-19-10-3-2-4-11-19/h5-9,12-14,18-19,23H,2-4,10-11,15-16H2,1H3,(H,27,30)/t18-,23+/m0/s1. The number of hydrogen-bond donors (Lipinski definition) is 1. The van der Waals surface area contributed by atoms with Crippen molar-refractivity contribution in [3.63, 3.8) is 0 Å². The fraction of sp³-hybridized carbons (Fsp3) is 0.440. The quantitative estimate of drug-likeness (QED) is 0.712. The van der Waals surface area contributed by atoms with Crippen molar-refractivity contribution in [3.8, 4) is 0 Å². The molecule has 1 aliphatic heterocycles. The molecule has 4 rings (SSSR count). The number of carbonyl (C=O) groups is 3. The average molecular weight is 452 g/mol. The molecule has 2 aromatic rings. The van der Waals surface area contributed by atoms with Gasteiger partial charge < -0.3 is 5.32 Å². The predicted octanol–water partition coefficient (Wildman–Crippen LogP) is 4.19. The lowest BCUT2D eigenvalue weighted by molar-refractivity contribution is -0.129. The highest BCUT2D eigenvalue weighted by Gasteiger charge is 2.40. The Hall–Kier alpha value is -2.67. The van der Waals surface area contributed by atoms with Crippen LogP contribution < -0.4 is 10.2 Å². The van der Waals surface area contributed by atoms with Crippen molar-refractivity contribution in [2.45, 2.75) is 57.5 Å². The van der Waals surface area contributed by atoms with Crippen LogP contribution in [-0.2, 0) is 14.4 Å². The minimum absolute atomic E-state index is 0.0223. The zero-order valence-corrected chi connectivity index (χ0v) is 19.1. The van der Waals surface area contributed by atoms with E-state index < -0.39 is 12.0 Å². The number of hydrogen-bond acceptors (Lipinski definition) is 5. The Morgan fingerprint density at radius 1 is 1.09 bits per heavy atom. The molecule has 1 saturated heterocycles. The molecule has 1 aromatic carbocycles. The first kappa shape index (κ1) is 22.5. The summed E-state index contributed by atoms with van der Waals surface area (Å²) in [4.78, 5) is 45.5. The zero-order chi connectivity index (χ0) is 22.5. The van der Waals surface area contributed by atoms with Crippen LogP contribution in [0.2, 0.25) is 0 Å². The van der Waals surface area contributed by atoms with Gasteiger partial charge in [0, 0.05) is 30.1 Å². The molecule has 0 unspecified atom stereocenters. The maximum atomic E-state index is 13.8. The van der Waals surface area contributed by atoms with Gasteiger partial charge in [0.2, 0.25) is 11.8 Å². The molecule has 2 fully saturated rings. The van der Waals surface area contributed by atoms with Crippen LogP contribution in [0.1, 0.15) is 55.8 Å². The van der Waals surface area contributed by atoms with Crippen molar-refractivity contribution in [3.05, 3.63) is 59.9 Å². The normalized spacial score (nSPS) is 20.0. The van der Waals surface area contributed by atoms with E-state index in [2.05, 4.69) is 10.3 Å². The molecule has 168 valence electrons. The van der Waals surface area contributed by atoms with E-state index in [-0.39, 0.29) is 29.4 Å². The number of nitrogens with zero attached hydrogens (tertiary/aromatic N) is 2. The molecule has 7 heteroatoms. The van der Waals surface area contributed by atoms with Crippen molar-refractivity contribution < 1.29 is 14.4 Å². The van der Waals surface area contributed by atoms with Crippen LogP contribution in [0.3, 0.4) is 0 Å². The van der Waals surface area contributed by atoms with Crippen molar-refractivity contribution in [1.82, 2.24) is 10.3 Å². The Balaban J connectivity index is 1.75. The molecule has 0 spiro atoms. The van der Waals surface area contributed by atoms with E-state index in [1.807, 2.05) is 37.3 Å². The second-order valence-electron chi connectivity index (χ2n) is 8.58. The highest BCUT2D eigenvalue weighted by Crippen LogP contribution is 2.35. The number of rotatable bonds is 6. The maximum Gasteiger partial charge on any atom is 0.249 e. The Morgan fingerprint density at radius 3 is 2.50 bits per heavy atom. The number of carbonyl (C=O) groups excluding carboxylic acids is 3. The van der Waals surface area contributed by atoms with E-state index in [0.717, 1.165) is 31.2 Å². The summed E-state index contributed by atoms with van der Waals surface area (Å²) in [6, 6.07) is 12.2. The van der Waals surface area contributed by atoms with Crippen LogP contribution in [0.25, 0.3) is 0 Å². The monoisotopic (exact) mass is 451 g/mol. The number of para-hydroxylation sites is 1. The van der Waals surface area contributed by atoms with Gasteiger partial charge >= 0.3 is 0 Å². The fourth-order valence-electron chi connectivity index (χ4n) is 4.54. The van der Waals surface area contributed by atoms with Gasteiger partial charge in [0.25, 0.3) is 0 Å². The number of pyridine rings is 1. The van der Waals surface area contributed by atoms with Gasteiger partial charge in [0.1, 0.15) is 0 Å². The van der Waals surface area contributed by atoms with Crippen LogP contribution in [-0.4, -0.2) is 33.7 Å². The van der Waals surface area contributed by atoms with Gasteiger partial charge in [0.05, 0.1) is 11.6 Å². The van der Waals surface area contributed by atoms with Gasteiger partial charge in [0.15, 0.2) is 11.2 Å². The third-order valence-corrected chi connectivity index (χ3v) is 7.30. The summed E-state index contributed by atoms with van der Waals surface area (Å²) in [7, 11) is 0. The maximum absolute atomic E-state index is 13.8. The van der Waals surface area contributed by atoms with E-state index >= 15 is 0 Å². The Kier molecular flexibility index (Phi) is 7.25. The minimum Gasteiger partial charge on any atom is -0.351 e. The van der Waals surface area contributed by atoms with E-state index in [1.165, 1.54) is 18.2 Å². The zero-order valence-electron chi connectivity index (χ0n) is 18.3. The highest BCUT2D eigenvalue weighted by molar-refractivity contribution is 8.14. The third kappa shape index (κ3) is 5.04. The van der Waals surface area contributed by atoms with Crippen LogP contribution in [0.15, 0.2) is 48.7 Å². The molecule has 6 nitrogen and oxygen atoms in total. The summed E-state index contributed by atoms with van der Waals surface area (Å²) in [6.45, 7) is 1.93. The lowest BCUT2D eigenvalue weighted by Crippen LogP contribution is -2.49. The van der Waals surface area contributed by atoms with Crippen LogP contribution in [0.4, 0.5) is 5.69 Å². The molecule has 2 aliphatic rings. The second-order valence-corrected chi connectivity index (χ2v) is 9.66. The van der Waals surface area contributed by atoms with Crippen LogP contribution in [0.5, 0.6) is 0 Å². The number of thioether (sulfide) groups is 1. The number of benzene rings is 1. The average Bonchev–Trinajstić information content (AvgIpc) is 3.25. The molecular formula is C25H29N3O3S. The molecule has 2 heterocycles. The summed E-state index contributed by atoms with van der Waals surface area (Å²) < 4.78 is 0. The Morgan fingerprint density at radius 2 is 1.84 bits per heavy atom. The fourth-order valence-corrected chi connectivity index (χ4v) is 5.50. The lowest BCUT2D eigenvalue weighted by Gasteiger charge is -2.34. The van der Waals surface area contributed by atoms with Crippen LogP contribution in [0, 0.1) is 12.8 Å². The first-order valence-corrected chi connectivity index (χ1v) is 12.3. The van der Waals surface area contributed by atoms with Gasteiger partial charge in [-0.3, -0.25) is 24.3 Å². The van der Waals surface area contributed by atoms with Crippen molar-refractivity contribution in [1.29, 1.82) is 0 Å². The Bertz CT molecular complexity index is 975. The molecule has 2 atom stereocenters. The molecule has 0 radical (unpaired) electrons. The van der Waals surface area contributed by atoms with Gasteiger partial charge in [-0.15, -0.1) is 0 Å². The molecule has 2 amide bonds. The van der Waals surface area contributed by atoms with Crippen molar-refractivity contribution in [2.24, 2.45) is 5.92 Å². The van der Waals surface area contributed by atoms with E-state index in [1.54, 1.807) is 23.2 Å². The smallest absolute Gasteiger partial charge is 0.249 e. The third-order valence-electron chi connectivity index (χ3n) is 6.25. The largest absolute Gasteiger partial charge is 0.351 e. The number of nitrogens with one attached hydrogen (secondary N) is 1.